The normalized spacial score (nSPS) is 14.6. The molecule has 1 aromatic carbocycles. The van der Waals surface area contributed by atoms with Gasteiger partial charge in [-0.15, -0.1) is 0 Å². The number of hydrogen-bond donors (Lipinski definition) is 2. The fraction of sp³-hybridized carbons (Fsp3) is 0.600. The maximum atomic E-state index is 8.82. The Kier molecular flexibility index (Phi) is 5.66. The van der Waals surface area contributed by atoms with E-state index >= 15 is 0 Å². The molecule has 17 heavy (non-hydrogen) atoms. The third kappa shape index (κ3) is 4.14. The highest BCUT2D eigenvalue weighted by Crippen LogP contribution is 2.20. The lowest BCUT2D eigenvalue weighted by atomic mass is 9.97. The Balaban J connectivity index is 2.63. The SMILES string of the molecule is Cc1cccc([C@@H](C)N[C@H](C)CCCO)c1C. The topological polar surface area (TPSA) is 32.3 Å². The molecule has 2 atom stereocenters. The summed E-state index contributed by atoms with van der Waals surface area (Å²) in [7, 11) is 0. The minimum Gasteiger partial charge on any atom is -0.396 e. The molecule has 0 heterocycles. The van der Waals surface area contributed by atoms with Crippen LogP contribution in [0, 0.1) is 13.8 Å². The lowest BCUT2D eigenvalue weighted by Gasteiger charge is -2.22. The van der Waals surface area contributed by atoms with Crippen LogP contribution in [-0.2, 0) is 0 Å². The zero-order chi connectivity index (χ0) is 12.8. The van der Waals surface area contributed by atoms with E-state index in [0.29, 0.717) is 12.1 Å². The van der Waals surface area contributed by atoms with Crippen molar-refractivity contribution < 1.29 is 5.11 Å². The first-order chi connectivity index (χ1) is 8.06. The van der Waals surface area contributed by atoms with Gasteiger partial charge in [-0.1, -0.05) is 18.2 Å². The first-order valence-corrected chi connectivity index (χ1v) is 6.49. The Morgan fingerprint density at radius 1 is 1.24 bits per heavy atom. The maximum Gasteiger partial charge on any atom is 0.0431 e. The Morgan fingerprint density at radius 2 is 1.94 bits per heavy atom. The maximum absolute atomic E-state index is 8.82. The first kappa shape index (κ1) is 14.2. The van der Waals surface area contributed by atoms with E-state index < -0.39 is 0 Å². The summed E-state index contributed by atoms with van der Waals surface area (Å²) in [6, 6.07) is 7.27. The standard InChI is InChI=1S/C15H25NO/c1-11-7-5-9-15(13(11)3)14(4)16-12(2)8-6-10-17/h5,7,9,12,14,16-17H,6,8,10H2,1-4H3/t12-,14-/m1/s1. The van der Waals surface area contributed by atoms with Gasteiger partial charge < -0.3 is 10.4 Å². The molecule has 96 valence electrons. The highest BCUT2D eigenvalue weighted by molar-refractivity contribution is 5.35. The molecule has 0 spiro atoms. The van der Waals surface area contributed by atoms with Crippen LogP contribution in [0.25, 0.3) is 0 Å². The molecular weight excluding hydrogens is 210 g/mol. The Morgan fingerprint density at radius 3 is 2.59 bits per heavy atom. The van der Waals surface area contributed by atoms with Crippen LogP contribution in [0.3, 0.4) is 0 Å². The molecule has 2 N–H and O–H groups in total. The van der Waals surface area contributed by atoms with Gasteiger partial charge in [-0.3, -0.25) is 0 Å². The van der Waals surface area contributed by atoms with Gasteiger partial charge in [-0.05, 0) is 57.2 Å². The van der Waals surface area contributed by atoms with Gasteiger partial charge in [0, 0.05) is 18.7 Å². The fourth-order valence-corrected chi connectivity index (χ4v) is 2.24. The zero-order valence-corrected chi connectivity index (χ0v) is 11.5. The van der Waals surface area contributed by atoms with Crippen molar-refractivity contribution in [3.8, 4) is 0 Å². The zero-order valence-electron chi connectivity index (χ0n) is 11.5. The molecule has 0 aliphatic heterocycles. The van der Waals surface area contributed by atoms with Crippen LogP contribution in [0.2, 0.25) is 0 Å². The second-order valence-electron chi connectivity index (χ2n) is 4.94. The molecule has 2 nitrogen and oxygen atoms in total. The van der Waals surface area contributed by atoms with Crippen LogP contribution < -0.4 is 5.32 Å². The van der Waals surface area contributed by atoms with Crippen LogP contribution in [0.5, 0.6) is 0 Å². The van der Waals surface area contributed by atoms with Gasteiger partial charge in [-0.2, -0.15) is 0 Å². The Labute approximate surface area is 105 Å². The van der Waals surface area contributed by atoms with Gasteiger partial charge in [0.15, 0.2) is 0 Å². The second kappa shape index (κ2) is 6.77. The molecule has 0 radical (unpaired) electrons. The third-order valence-corrected chi connectivity index (χ3v) is 3.44. The van der Waals surface area contributed by atoms with Crippen molar-refractivity contribution >= 4 is 0 Å². The molecule has 2 heteroatoms. The summed E-state index contributed by atoms with van der Waals surface area (Å²) < 4.78 is 0. The average Bonchev–Trinajstić information content (AvgIpc) is 2.29. The van der Waals surface area contributed by atoms with Crippen molar-refractivity contribution in [2.24, 2.45) is 0 Å². The van der Waals surface area contributed by atoms with E-state index in [4.69, 9.17) is 5.11 Å². The monoisotopic (exact) mass is 235 g/mol. The van der Waals surface area contributed by atoms with Crippen molar-refractivity contribution in [2.75, 3.05) is 6.61 Å². The van der Waals surface area contributed by atoms with Gasteiger partial charge in [0.05, 0.1) is 0 Å². The average molecular weight is 235 g/mol. The Bertz CT molecular complexity index is 349. The lowest BCUT2D eigenvalue weighted by Crippen LogP contribution is -2.29. The number of rotatable bonds is 6. The molecule has 0 fully saturated rings. The summed E-state index contributed by atoms with van der Waals surface area (Å²) in [6.07, 6.45) is 1.89. The molecule has 1 rings (SSSR count). The highest BCUT2D eigenvalue weighted by atomic mass is 16.2. The molecule has 0 aromatic heterocycles. The summed E-state index contributed by atoms with van der Waals surface area (Å²) in [5.74, 6) is 0. The molecular formula is C15H25NO. The van der Waals surface area contributed by atoms with Crippen molar-refractivity contribution in [3.63, 3.8) is 0 Å². The predicted octanol–water partition coefficient (Wildman–Crippen LogP) is 3.12. The smallest absolute Gasteiger partial charge is 0.0431 e. The molecule has 1 aromatic rings. The number of benzene rings is 1. The summed E-state index contributed by atoms with van der Waals surface area (Å²) in [4.78, 5) is 0. The van der Waals surface area contributed by atoms with Crippen LogP contribution in [0.15, 0.2) is 18.2 Å². The molecule has 0 unspecified atom stereocenters. The fourth-order valence-electron chi connectivity index (χ4n) is 2.24. The molecule has 0 aliphatic rings. The van der Waals surface area contributed by atoms with Crippen molar-refractivity contribution in [3.05, 3.63) is 34.9 Å². The first-order valence-electron chi connectivity index (χ1n) is 6.49. The predicted molar refractivity (Wildman–Crippen MR) is 73.2 cm³/mol. The van der Waals surface area contributed by atoms with E-state index in [1.807, 2.05) is 0 Å². The molecule has 0 aliphatic carbocycles. The molecule has 0 saturated heterocycles. The largest absolute Gasteiger partial charge is 0.396 e. The lowest BCUT2D eigenvalue weighted by molar-refractivity contribution is 0.274. The van der Waals surface area contributed by atoms with E-state index in [1.165, 1.54) is 16.7 Å². The van der Waals surface area contributed by atoms with Gasteiger partial charge in [-0.25, -0.2) is 0 Å². The number of aryl methyl sites for hydroxylation is 1. The number of aliphatic hydroxyl groups is 1. The number of nitrogens with one attached hydrogen (secondary N) is 1. The van der Waals surface area contributed by atoms with E-state index in [1.54, 1.807) is 0 Å². The van der Waals surface area contributed by atoms with Crippen molar-refractivity contribution in [1.82, 2.24) is 5.32 Å². The van der Waals surface area contributed by atoms with Gasteiger partial charge in [0.25, 0.3) is 0 Å². The molecule has 0 saturated carbocycles. The summed E-state index contributed by atoms with van der Waals surface area (Å²) >= 11 is 0. The minimum atomic E-state index is 0.282. The van der Waals surface area contributed by atoms with E-state index in [-0.39, 0.29) is 6.61 Å². The molecule has 0 bridgehead atoms. The van der Waals surface area contributed by atoms with Crippen molar-refractivity contribution in [2.45, 2.75) is 52.6 Å². The summed E-state index contributed by atoms with van der Waals surface area (Å²) in [6.45, 7) is 9.00. The van der Waals surface area contributed by atoms with Gasteiger partial charge in [0.1, 0.15) is 0 Å². The number of hydrogen-bond acceptors (Lipinski definition) is 2. The van der Waals surface area contributed by atoms with E-state index in [2.05, 4.69) is 51.2 Å². The molecule has 0 amide bonds. The minimum absolute atomic E-state index is 0.282. The van der Waals surface area contributed by atoms with Gasteiger partial charge >= 0.3 is 0 Å². The van der Waals surface area contributed by atoms with Crippen LogP contribution >= 0.6 is 0 Å². The van der Waals surface area contributed by atoms with Gasteiger partial charge in [0.2, 0.25) is 0 Å². The van der Waals surface area contributed by atoms with Crippen molar-refractivity contribution in [1.29, 1.82) is 0 Å². The van der Waals surface area contributed by atoms with E-state index in [9.17, 15) is 0 Å². The van der Waals surface area contributed by atoms with Crippen LogP contribution in [0.1, 0.15) is 49.4 Å². The van der Waals surface area contributed by atoms with Crippen LogP contribution in [0.4, 0.5) is 0 Å². The number of aliphatic hydroxyl groups excluding tert-OH is 1. The third-order valence-electron chi connectivity index (χ3n) is 3.44. The summed E-state index contributed by atoms with van der Waals surface area (Å²) in [5.41, 5.74) is 4.10. The highest BCUT2D eigenvalue weighted by Gasteiger charge is 2.11. The summed E-state index contributed by atoms with van der Waals surface area (Å²) in [5, 5.41) is 12.4. The Hall–Kier alpha value is -0.860. The second-order valence-corrected chi connectivity index (χ2v) is 4.94. The quantitative estimate of drug-likeness (QED) is 0.794. The van der Waals surface area contributed by atoms with Crippen LogP contribution in [-0.4, -0.2) is 17.8 Å². The van der Waals surface area contributed by atoms with E-state index in [0.717, 1.165) is 12.8 Å².